The third-order valence-corrected chi connectivity index (χ3v) is 11.7. The lowest BCUT2D eigenvalue weighted by Gasteiger charge is -2.43. The molecule has 0 aromatic rings. The van der Waals surface area contributed by atoms with Gasteiger partial charge in [0.05, 0.1) is 12.7 Å². The summed E-state index contributed by atoms with van der Waals surface area (Å²) >= 11 is 0. The Morgan fingerprint density at radius 2 is 1.00 bits per heavy atom. The fourth-order valence-electron chi connectivity index (χ4n) is 6.33. The summed E-state index contributed by atoms with van der Waals surface area (Å²) in [4.78, 5) is 54.3. The number of aliphatic hydroxyl groups is 5. The third-order valence-electron chi connectivity index (χ3n) is 10.2. The first-order chi connectivity index (χ1) is 33.5. The third kappa shape index (κ3) is 33.9. The Bertz CT molecular complexity index is 1830. The molecule has 1 aliphatic rings. The normalized spacial score (nSPS) is 22.5. The van der Waals surface area contributed by atoms with Gasteiger partial charge >= 0.3 is 27.6 Å². The SMILES string of the molecule is CC/C=C\C/C=C\C/C=C\C/C=C\C/C=C\CCCCCC(=O)OC[C@H](COP(=O)(O)O[C@H]1C(O)C(O)C(O)[C@@H](OP(=O)(O)O)C1O)OC(=O)CCC/C=C\C/C=C\C/C=C\C/C=C\C=C\[C@H](O)CC. The van der Waals surface area contributed by atoms with Gasteiger partial charge in [0.25, 0.3) is 0 Å². The van der Waals surface area contributed by atoms with Crippen LogP contribution in [-0.4, -0.2) is 114 Å². The standard InChI is InChI=1S/C51H80O17P2/c1-3-5-6-7-8-9-10-11-12-13-14-15-16-20-23-26-29-32-35-38-44(53)64-40-43(41-65-70(62,63)68-51-48(57)46(55)47(56)50(49(51)58)67-69(59,60)61)66-45(54)39-36-33-30-27-24-21-18-17-19-22-25-28-31-34-37-42(52)4-2/h5-6,8-9,11-12,14-15,18-23,27-28,30-31,34,37,42-43,46-52,55-58H,3-4,7,10,13,16-17,24-26,29,32-33,35-36,38-41H2,1-2H3,(H,62,63)(H2,59,60,61)/b6-5-,9-8-,12-11-,15-14-,21-18-,22-19-,23-20-,30-27-,31-28-,37-34+/t42-,43-,46?,47?,48?,49?,50-,51+/m1/s1. The van der Waals surface area contributed by atoms with Crippen LogP contribution in [0.4, 0.5) is 0 Å². The molecule has 0 saturated heterocycles. The van der Waals surface area contributed by atoms with E-state index in [1.54, 1.807) is 6.08 Å². The Hall–Kier alpha value is -3.64. The maximum atomic E-state index is 13.0. The molecule has 1 fully saturated rings. The summed E-state index contributed by atoms with van der Waals surface area (Å²) in [6.45, 7) is 2.58. The van der Waals surface area contributed by atoms with Gasteiger partial charge in [-0.05, 0) is 89.9 Å². The van der Waals surface area contributed by atoms with Crippen molar-refractivity contribution < 1.29 is 82.0 Å². The topological polar surface area (TPSA) is 276 Å². The second-order valence-electron chi connectivity index (χ2n) is 16.3. The molecule has 70 heavy (non-hydrogen) atoms. The van der Waals surface area contributed by atoms with Gasteiger partial charge in [-0.1, -0.05) is 142 Å². The number of esters is 2. The predicted octanol–water partition coefficient (Wildman–Crippen LogP) is 8.47. The van der Waals surface area contributed by atoms with Crippen molar-refractivity contribution in [1.29, 1.82) is 0 Å². The highest BCUT2D eigenvalue weighted by Crippen LogP contribution is 2.49. The van der Waals surface area contributed by atoms with E-state index in [2.05, 4.69) is 78.3 Å². The van der Waals surface area contributed by atoms with Crippen LogP contribution in [0.2, 0.25) is 0 Å². The fourth-order valence-corrected chi connectivity index (χ4v) is 7.87. The zero-order valence-corrected chi connectivity index (χ0v) is 42.5. The molecule has 0 aliphatic heterocycles. The number of rotatable bonds is 38. The second kappa shape index (κ2) is 39.9. The highest BCUT2D eigenvalue weighted by Gasteiger charge is 2.54. The summed E-state index contributed by atoms with van der Waals surface area (Å²) in [5, 5.41) is 50.8. The Morgan fingerprint density at radius 1 is 0.529 bits per heavy atom. The quantitative estimate of drug-likeness (QED) is 0.00946. The molecule has 9 atom stereocenters. The molecule has 0 aromatic carbocycles. The van der Waals surface area contributed by atoms with Crippen molar-refractivity contribution in [2.45, 2.75) is 172 Å². The van der Waals surface area contributed by atoms with Gasteiger partial charge in [-0.15, -0.1) is 0 Å². The number of carbonyl (C=O) groups is 2. The Morgan fingerprint density at radius 3 is 1.51 bits per heavy atom. The zero-order chi connectivity index (χ0) is 51.9. The van der Waals surface area contributed by atoms with Crippen molar-refractivity contribution in [3.8, 4) is 0 Å². The highest BCUT2D eigenvalue weighted by atomic mass is 31.2. The number of phosphoric ester groups is 2. The molecular weight excluding hydrogens is 946 g/mol. The van der Waals surface area contributed by atoms with E-state index < -0.39 is 89.6 Å². The summed E-state index contributed by atoms with van der Waals surface area (Å²) in [6.07, 6.45) is 36.7. The van der Waals surface area contributed by atoms with Crippen molar-refractivity contribution in [3.63, 3.8) is 0 Å². The van der Waals surface area contributed by atoms with Gasteiger partial charge < -0.3 is 49.7 Å². The van der Waals surface area contributed by atoms with Crippen LogP contribution >= 0.6 is 15.6 Å². The van der Waals surface area contributed by atoms with E-state index in [9.17, 15) is 58.9 Å². The maximum absolute atomic E-state index is 13.0. The lowest BCUT2D eigenvalue weighted by Crippen LogP contribution is -2.64. The number of aliphatic hydroxyl groups excluding tert-OH is 5. The van der Waals surface area contributed by atoms with Gasteiger partial charge in [0.2, 0.25) is 0 Å². The molecular formula is C51H80O17P2. The largest absolute Gasteiger partial charge is 0.472 e. The van der Waals surface area contributed by atoms with E-state index in [0.29, 0.717) is 32.1 Å². The molecule has 0 bridgehead atoms. The van der Waals surface area contributed by atoms with Crippen molar-refractivity contribution in [1.82, 2.24) is 0 Å². The summed E-state index contributed by atoms with van der Waals surface area (Å²) < 4.78 is 49.3. The lowest BCUT2D eigenvalue weighted by molar-refractivity contribution is -0.216. The molecule has 0 spiro atoms. The molecule has 0 radical (unpaired) electrons. The lowest BCUT2D eigenvalue weighted by atomic mass is 9.85. The van der Waals surface area contributed by atoms with Crippen LogP contribution in [0.3, 0.4) is 0 Å². The van der Waals surface area contributed by atoms with Crippen LogP contribution in [0.15, 0.2) is 122 Å². The van der Waals surface area contributed by atoms with Gasteiger partial charge in [0.1, 0.15) is 43.2 Å². The summed E-state index contributed by atoms with van der Waals surface area (Å²) in [5.74, 6) is -1.34. The first kappa shape index (κ1) is 64.4. The van der Waals surface area contributed by atoms with E-state index in [4.69, 9.17) is 18.5 Å². The smallest absolute Gasteiger partial charge is 0.462 e. The number of unbranched alkanes of at least 4 members (excludes halogenated alkanes) is 4. The predicted molar refractivity (Wildman–Crippen MR) is 270 cm³/mol. The van der Waals surface area contributed by atoms with Crippen molar-refractivity contribution >= 4 is 27.6 Å². The first-order valence-corrected chi connectivity index (χ1v) is 27.2. The summed E-state index contributed by atoms with van der Waals surface area (Å²) in [5.41, 5.74) is 0. The molecule has 0 aromatic heterocycles. The molecule has 1 saturated carbocycles. The molecule has 0 amide bonds. The van der Waals surface area contributed by atoms with Gasteiger partial charge in [0, 0.05) is 12.8 Å². The van der Waals surface area contributed by atoms with Crippen LogP contribution in [0.25, 0.3) is 0 Å². The number of ether oxygens (including phenoxy) is 2. The molecule has 396 valence electrons. The fraction of sp³-hybridized carbons (Fsp3) is 0.569. The second-order valence-corrected chi connectivity index (χ2v) is 18.9. The summed E-state index contributed by atoms with van der Waals surface area (Å²) in [7, 11) is -10.7. The van der Waals surface area contributed by atoms with E-state index in [-0.39, 0.29) is 12.8 Å². The molecule has 1 rings (SSSR count). The van der Waals surface area contributed by atoms with Gasteiger partial charge in [-0.2, -0.15) is 0 Å². The van der Waals surface area contributed by atoms with Crippen LogP contribution in [-0.2, 0) is 41.8 Å². The van der Waals surface area contributed by atoms with Crippen molar-refractivity contribution in [2.75, 3.05) is 13.2 Å². The first-order valence-electron chi connectivity index (χ1n) is 24.2. The Balaban J connectivity index is 2.66. The Kier molecular flexibility index (Phi) is 36.7. The van der Waals surface area contributed by atoms with Crippen molar-refractivity contribution in [2.24, 2.45) is 0 Å². The number of phosphoric acid groups is 2. The van der Waals surface area contributed by atoms with Crippen LogP contribution in [0.1, 0.15) is 123 Å². The van der Waals surface area contributed by atoms with Crippen LogP contribution in [0, 0.1) is 0 Å². The molecule has 1 aliphatic carbocycles. The molecule has 5 unspecified atom stereocenters. The average molecular weight is 1030 g/mol. The molecule has 17 nitrogen and oxygen atoms in total. The number of allylic oxidation sites excluding steroid dienone is 19. The van der Waals surface area contributed by atoms with Gasteiger partial charge in [0.15, 0.2) is 6.10 Å². The Labute approximate surface area is 414 Å². The van der Waals surface area contributed by atoms with E-state index in [1.807, 2.05) is 55.5 Å². The van der Waals surface area contributed by atoms with Gasteiger partial charge in [-0.25, -0.2) is 9.13 Å². The van der Waals surface area contributed by atoms with E-state index in [0.717, 1.165) is 64.2 Å². The zero-order valence-electron chi connectivity index (χ0n) is 40.7. The monoisotopic (exact) mass is 1030 g/mol. The average Bonchev–Trinajstić information content (AvgIpc) is 3.32. The number of hydrogen-bond donors (Lipinski definition) is 8. The van der Waals surface area contributed by atoms with Crippen LogP contribution in [0.5, 0.6) is 0 Å². The van der Waals surface area contributed by atoms with Gasteiger partial charge in [-0.3, -0.25) is 23.2 Å². The minimum atomic E-state index is -5.39. The minimum Gasteiger partial charge on any atom is -0.462 e. The molecule has 0 heterocycles. The van der Waals surface area contributed by atoms with E-state index >= 15 is 0 Å². The molecule has 19 heteroatoms. The number of carbonyl (C=O) groups excluding carboxylic acids is 2. The minimum absolute atomic E-state index is 0.0540. The van der Waals surface area contributed by atoms with Crippen molar-refractivity contribution in [3.05, 3.63) is 122 Å². The number of hydrogen-bond acceptors (Lipinski definition) is 14. The van der Waals surface area contributed by atoms with Crippen LogP contribution < -0.4 is 0 Å². The summed E-state index contributed by atoms with van der Waals surface area (Å²) in [6, 6.07) is 0. The maximum Gasteiger partial charge on any atom is 0.472 e. The molecule has 8 N–H and O–H groups in total. The highest BCUT2D eigenvalue weighted by molar-refractivity contribution is 7.47. The van der Waals surface area contributed by atoms with E-state index in [1.165, 1.54) is 0 Å².